The molecule has 0 aliphatic carbocycles. The molecule has 0 unspecified atom stereocenters. The van der Waals surface area contributed by atoms with Crippen LogP contribution in [0.2, 0.25) is 5.02 Å². The smallest absolute Gasteiger partial charge is 0.243 e. The summed E-state index contributed by atoms with van der Waals surface area (Å²) in [4.78, 5) is 29.0. The van der Waals surface area contributed by atoms with Gasteiger partial charge >= 0.3 is 0 Å². The van der Waals surface area contributed by atoms with Crippen LogP contribution in [0.5, 0.6) is 0 Å². The Morgan fingerprint density at radius 3 is 2.14 bits per heavy atom. The molecule has 3 rings (SSSR count). The molecular weight excluding hydrogens is 456 g/mol. The highest BCUT2D eigenvalue weighted by Gasteiger charge is 2.30. The average Bonchev–Trinajstić information content (AvgIpc) is 2.79. The van der Waals surface area contributed by atoms with E-state index in [1.54, 1.807) is 4.90 Å². The number of nitrogens with zero attached hydrogens (tertiary/aromatic N) is 1. The molecule has 3 aromatic rings. The summed E-state index contributed by atoms with van der Waals surface area (Å²) in [6.07, 6.45) is 0.662. The van der Waals surface area contributed by atoms with Gasteiger partial charge in [0.1, 0.15) is 6.04 Å². The van der Waals surface area contributed by atoms with Crippen LogP contribution in [-0.4, -0.2) is 29.3 Å². The molecule has 0 bridgehead atoms. The molecule has 35 heavy (non-hydrogen) atoms. The Bertz CT molecular complexity index is 1120. The lowest BCUT2D eigenvalue weighted by molar-refractivity contribution is -0.140. The quantitative estimate of drug-likeness (QED) is 0.384. The van der Waals surface area contributed by atoms with Crippen molar-refractivity contribution in [1.82, 2.24) is 10.2 Å². The first kappa shape index (κ1) is 26.5. The molecule has 4 nitrogen and oxygen atoms in total. The SMILES string of the molecule is Cc1cc(C)cc(CC(=O)N(Cc2cccc(Cl)c2)[C@H](Cc2ccccc2)C(=O)NCC(C)C)c1. The average molecular weight is 491 g/mol. The Morgan fingerprint density at radius 2 is 1.51 bits per heavy atom. The zero-order valence-corrected chi connectivity index (χ0v) is 21.8. The predicted octanol–water partition coefficient (Wildman–Crippen LogP) is 5.91. The van der Waals surface area contributed by atoms with E-state index in [9.17, 15) is 9.59 Å². The van der Waals surface area contributed by atoms with Crippen LogP contribution in [-0.2, 0) is 29.0 Å². The van der Waals surface area contributed by atoms with E-state index in [1.165, 1.54) is 0 Å². The maximum Gasteiger partial charge on any atom is 0.243 e. The Kier molecular flexibility index (Phi) is 9.50. The van der Waals surface area contributed by atoms with Gasteiger partial charge in [0.2, 0.25) is 11.8 Å². The highest BCUT2D eigenvalue weighted by Crippen LogP contribution is 2.19. The highest BCUT2D eigenvalue weighted by molar-refractivity contribution is 6.30. The standard InChI is InChI=1S/C30H35ClN2O2/c1-21(2)19-32-30(35)28(17-24-9-6-5-7-10-24)33(20-25-11-8-12-27(31)16-25)29(34)18-26-14-22(3)13-23(4)15-26/h5-16,21,28H,17-20H2,1-4H3,(H,32,35)/t28-/m1/s1. The van der Waals surface area contributed by atoms with Crippen LogP contribution >= 0.6 is 11.6 Å². The zero-order valence-electron chi connectivity index (χ0n) is 21.1. The Morgan fingerprint density at radius 1 is 0.857 bits per heavy atom. The topological polar surface area (TPSA) is 49.4 Å². The summed E-state index contributed by atoms with van der Waals surface area (Å²) >= 11 is 6.25. The fourth-order valence-electron chi connectivity index (χ4n) is 4.26. The minimum atomic E-state index is -0.645. The lowest BCUT2D eigenvalue weighted by Crippen LogP contribution is -2.51. The van der Waals surface area contributed by atoms with Crippen molar-refractivity contribution < 1.29 is 9.59 Å². The second-order valence-electron chi connectivity index (χ2n) is 9.67. The Balaban J connectivity index is 1.97. The normalized spacial score (nSPS) is 11.8. The van der Waals surface area contributed by atoms with Crippen molar-refractivity contribution in [2.75, 3.05) is 6.54 Å². The van der Waals surface area contributed by atoms with Gasteiger partial charge in [0.15, 0.2) is 0 Å². The summed E-state index contributed by atoms with van der Waals surface area (Å²) in [7, 11) is 0. The second kappa shape index (κ2) is 12.6. The fraction of sp³-hybridized carbons (Fsp3) is 0.333. The predicted molar refractivity (Wildman–Crippen MR) is 143 cm³/mol. The summed E-state index contributed by atoms with van der Waals surface area (Å²) in [6.45, 7) is 9.03. The fourth-order valence-corrected chi connectivity index (χ4v) is 4.47. The van der Waals surface area contributed by atoms with Gasteiger partial charge in [-0.05, 0) is 48.6 Å². The first-order chi connectivity index (χ1) is 16.7. The van der Waals surface area contributed by atoms with Crippen molar-refractivity contribution in [3.8, 4) is 0 Å². The molecule has 0 heterocycles. The highest BCUT2D eigenvalue weighted by atomic mass is 35.5. The molecule has 1 atom stereocenters. The van der Waals surface area contributed by atoms with E-state index in [-0.39, 0.29) is 18.2 Å². The van der Waals surface area contributed by atoms with E-state index >= 15 is 0 Å². The van der Waals surface area contributed by atoms with Crippen molar-refractivity contribution in [3.63, 3.8) is 0 Å². The van der Waals surface area contributed by atoms with Crippen LogP contribution in [0.15, 0.2) is 72.8 Å². The largest absolute Gasteiger partial charge is 0.354 e. The number of halogens is 1. The van der Waals surface area contributed by atoms with Gasteiger partial charge in [-0.1, -0.05) is 97.2 Å². The Hall–Kier alpha value is -3.11. The molecule has 1 N–H and O–H groups in total. The number of hydrogen-bond acceptors (Lipinski definition) is 2. The Labute approximate surface area is 214 Å². The molecule has 0 saturated carbocycles. The summed E-state index contributed by atoms with van der Waals surface area (Å²) in [5.74, 6) is 0.0811. The van der Waals surface area contributed by atoms with Crippen LogP contribution in [0.25, 0.3) is 0 Å². The van der Waals surface area contributed by atoms with E-state index in [0.717, 1.165) is 27.8 Å². The van der Waals surface area contributed by atoms with Crippen molar-refractivity contribution >= 4 is 23.4 Å². The molecular formula is C30H35ClN2O2. The van der Waals surface area contributed by atoms with E-state index in [1.807, 2.05) is 80.6 Å². The molecule has 0 fully saturated rings. The summed E-state index contributed by atoms with van der Waals surface area (Å²) in [5.41, 5.74) is 5.08. The number of nitrogens with one attached hydrogen (secondary N) is 1. The maximum atomic E-state index is 13.8. The van der Waals surface area contributed by atoms with Gasteiger partial charge in [-0.25, -0.2) is 0 Å². The molecule has 2 amide bonds. The number of aryl methyl sites for hydroxylation is 2. The van der Waals surface area contributed by atoms with Crippen LogP contribution in [0.4, 0.5) is 0 Å². The summed E-state index contributed by atoms with van der Waals surface area (Å²) in [6, 6.07) is 22.8. The third kappa shape index (κ3) is 8.25. The molecule has 184 valence electrons. The van der Waals surface area contributed by atoms with E-state index in [4.69, 9.17) is 11.6 Å². The van der Waals surface area contributed by atoms with Crippen LogP contribution < -0.4 is 5.32 Å². The molecule has 0 saturated heterocycles. The second-order valence-corrected chi connectivity index (χ2v) is 10.1. The number of benzene rings is 3. The van der Waals surface area contributed by atoms with Gasteiger partial charge in [-0.3, -0.25) is 9.59 Å². The number of rotatable bonds is 10. The van der Waals surface area contributed by atoms with Crippen molar-refractivity contribution in [2.45, 2.75) is 53.1 Å². The van der Waals surface area contributed by atoms with E-state index in [0.29, 0.717) is 30.5 Å². The maximum absolute atomic E-state index is 13.8. The van der Waals surface area contributed by atoms with Crippen LogP contribution in [0.3, 0.4) is 0 Å². The van der Waals surface area contributed by atoms with Gasteiger partial charge in [0, 0.05) is 24.5 Å². The number of carbonyl (C=O) groups excluding carboxylic acids is 2. The third-order valence-corrected chi connectivity index (χ3v) is 6.07. The summed E-state index contributed by atoms with van der Waals surface area (Å²) < 4.78 is 0. The molecule has 5 heteroatoms. The minimum Gasteiger partial charge on any atom is -0.354 e. The van der Waals surface area contributed by atoms with E-state index in [2.05, 4.69) is 25.2 Å². The number of carbonyl (C=O) groups is 2. The lowest BCUT2D eigenvalue weighted by Gasteiger charge is -2.32. The zero-order chi connectivity index (χ0) is 25.4. The van der Waals surface area contributed by atoms with Crippen LogP contribution in [0, 0.1) is 19.8 Å². The van der Waals surface area contributed by atoms with Crippen molar-refractivity contribution in [2.24, 2.45) is 5.92 Å². The van der Waals surface area contributed by atoms with Crippen molar-refractivity contribution in [3.05, 3.63) is 106 Å². The minimum absolute atomic E-state index is 0.0874. The van der Waals surface area contributed by atoms with Crippen molar-refractivity contribution in [1.29, 1.82) is 0 Å². The van der Waals surface area contributed by atoms with Gasteiger partial charge in [-0.2, -0.15) is 0 Å². The van der Waals surface area contributed by atoms with Gasteiger partial charge < -0.3 is 10.2 Å². The molecule has 3 aromatic carbocycles. The third-order valence-electron chi connectivity index (χ3n) is 5.83. The van der Waals surface area contributed by atoms with Crippen LogP contribution in [0.1, 0.15) is 41.7 Å². The number of amides is 2. The molecule has 0 aromatic heterocycles. The molecule has 0 aliphatic heterocycles. The molecule has 0 spiro atoms. The summed E-state index contributed by atoms with van der Waals surface area (Å²) in [5, 5.41) is 3.66. The molecule has 0 aliphatic rings. The lowest BCUT2D eigenvalue weighted by atomic mass is 10.00. The molecule has 0 radical (unpaired) electrons. The van der Waals surface area contributed by atoms with Gasteiger partial charge in [-0.15, -0.1) is 0 Å². The van der Waals surface area contributed by atoms with E-state index < -0.39 is 6.04 Å². The first-order valence-electron chi connectivity index (χ1n) is 12.1. The van der Waals surface area contributed by atoms with Gasteiger partial charge in [0.25, 0.3) is 0 Å². The monoisotopic (exact) mass is 490 g/mol. The van der Waals surface area contributed by atoms with Gasteiger partial charge in [0.05, 0.1) is 6.42 Å². The number of hydrogen-bond donors (Lipinski definition) is 1. The first-order valence-corrected chi connectivity index (χ1v) is 12.5.